The van der Waals surface area contributed by atoms with Crippen molar-refractivity contribution in [1.29, 1.82) is 0 Å². The molecule has 1 nitrogen and oxygen atoms in total. The van der Waals surface area contributed by atoms with E-state index in [-0.39, 0.29) is 0 Å². The number of terminal acetylenes is 1. The molecule has 0 fully saturated rings. The summed E-state index contributed by atoms with van der Waals surface area (Å²) in [4.78, 5) is 2.11. The summed E-state index contributed by atoms with van der Waals surface area (Å²) in [5.74, 6) is 3.24. The highest BCUT2D eigenvalue weighted by Crippen LogP contribution is 2.08. The second-order valence-corrected chi connectivity index (χ2v) is 3.93. The van der Waals surface area contributed by atoms with Crippen LogP contribution in [0.2, 0.25) is 0 Å². The Labute approximate surface area is 97.0 Å². The third kappa shape index (κ3) is 3.95. The van der Waals surface area contributed by atoms with Crippen LogP contribution >= 0.6 is 11.6 Å². The van der Waals surface area contributed by atoms with Gasteiger partial charge in [0.15, 0.2) is 0 Å². The Morgan fingerprint density at radius 3 is 2.60 bits per heavy atom. The number of halogens is 1. The Kier molecular flexibility index (Phi) is 5.25. The van der Waals surface area contributed by atoms with E-state index in [1.165, 1.54) is 5.56 Å². The van der Waals surface area contributed by atoms with Crippen molar-refractivity contribution in [2.75, 3.05) is 19.5 Å². The molecule has 1 atom stereocenters. The van der Waals surface area contributed by atoms with Gasteiger partial charge >= 0.3 is 0 Å². The van der Waals surface area contributed by atoms with Gasteiger partial charge in [-0.15, -0.1) is 18.0 Å². The van der Waals surface area contributed by atoms with Gasteiger partial charge in [-0.2, -0.15) is 0 Å². The summed E-state index contributed by atoms with van der Waals surface area (Å²) in [7, 11) is 2.01. The van der Waals surface area contributed by atoms with Gasteiger partial charge in [0, 0.05) is 11.9 Å². The monoisotopic (exact) mass is 221 g/mol. The van der Waals surface area contributed by atoms with E-state index in [2.05, 4.69) is 23.0 Å². The lowest BCUT2D eigenvalue weighted by atomic mass is 10.1. The SMILES string of the molecule is C#CCN(C)[C@H](CCl)Cc1ccccc1. The maximum atomic E-state index is 5.94. The lowest BCUT2D eigenvalue weighted by molar-refractivity contribution is 0.290. The molecule has 1 aromatic rings. The Balaban J connectivity index is 2.58. The van der Waals surface area contributed by atoms with Gasteiger partial charge in [0.2, 0.25) is 0 Å². The molecule has 0 heterocycles. The topological polar surface area (TPSA) is 3.24 Å². The van der Waals surface area contributed by atoms with Gasteiger partial charge in [-0.3, -0.25) is 4.90 Å². The Morgan fingerprint density at radius 1 is 1.40 bits per heavy atom. The van der Waals surface area contributed by atoms with Crippen LogP contribution in [0.5, 0.6) is 0 Å². The van der Waals surface area contributed by atoms with Gasteiger partial charge < -0.3 is 0 Å². The molecule has 0 amide bonds. The zero-order chi connectivity index (χ0) is 11.1. The predicted octanol–water partition coefficient (Wildman–Crippen LogP) is 2.40. The fraction of sp³-hybridized carbons (Fsp3) is 0.385. The zero-order valence-corrected chi connectivity index (χ0v) is 9.74. The minimum Gasteiger partial charge on any atom is -0.291 e. The molecule has 0 radical (unpaired) electrons. The van der Waals surface area contributed by atoms with Gasteiger partial charge in [-0.25, -0.2) is 0 Å². The first kappa shape index (κ1) is 12.1. The summed E-state index contributed by atoms with van der Waals surface area (Å²) in [6.45, 7) is 0.643. The Hall–Kier alpha value is -0.970. The first-order chi connectivity index (χ1) is 7.27. The van der Waals surface area contributed by atoms with Crippen molar-refractivity contribution in [3.8, 4) is 12.3 Å². The van der Waals surface area contributed by atoms with Gasteiger partial charge in [0.05, 0.1) is 6.54 Å². The fourth-order valence-corrected chi connectivity index (χ4v) is 1.83. The average molecular weight is 222 g/mol. The second kappa shape index (κ2) is 6.50. The molecule has 0 aliphatic carbocycles. The van der Waals surface area contributed by atoms with Crippen LogP contribution in [-0.2, 0) is 6.42 Å². The molecule has 0 bridgehead atoms. The molecule has 1 rings (SSSR count). The highest BCUT2D eigenvalue weighted by atomic mass is 35.5. The van der Waals surface area contributed by atoms with E-state index in [1.807, 2.05) is 25.2 Å². The number of alkyl halides is 1. The predicted molar refractivity (Wildman–Crippen MR) is 66.1 cm³/mol. The summed E-state index contributed by atoms with van der Waals surface area (Å²) in [6, 6.07) is 10.6. The summed E-state index contributed by atoms with van der Waals surface area (Å²) in [6.07, 6.45) is 6.23. The first-order valence-electron chi connectivity index (χ1n) is 5.01. The van der Waals surface area contributed by atoms with E-state index >= 15 is 0 Å². The summed E-state index contributed by atoms with van der Waals surface area (Å²) < 4.78 is 0. The van der Waals surface area contributed by atoms with E-state index in [9.17, 15) is 0 Å². The zero-order valence-electron chi connectivity index (χ0n) is 8.99. The molecule has 1 aromatic carbocycles. The molecular formula is C13H16ClN. The maximum absolute atomic E-state index is 5.94. The second-order valence-electron chi connectivity index (χ2n) is 3.62. The molecule has 0 aromatic heterocycles. The van der Waals surface area contributed by atoms with Crippen LogP contribution in [0, 0.1) is 12.3 Å². The molecule has 0 saturated heterocycles. The molecule has 15 heavy (non-hydrogen) atoms. The molecule has 0 aliphatic heterocycles. The van der Waals surface area contributed by atoms with Gasteiger partial charge in [0.1, 0.15) is 0 Å². The van der Waals surface area contributed by atoms with Crippen LogP contribution < -0.4 is 0 Å². The van der Waals surface area contributed by atoms with Crippen molar-refractivity contribution in [3.05, 3.63) is 35.9 Å². The quantitative estimate of drug-likeness (QED) is 0.545. The van der Waals surface area contributed by atoms with Gasteiger partial charge in [-0.1, -0.05) is 36.3 Å². The average Bonchev–Trinajstić information content (AvgIpc) is 2.27. The number of likely N-dealkylation sites (N-methyl/N-ethyl adjacent to an activating group) is 1. The maximum Gasteiger partial charge on any atom is 0.0599 e. The van der Waals surface area contributed by atoms with E-state index in [0.717, 1.165) is 6.42 Å². The summed E-state index contributed by atoms with van der Waals surface area (Å²) in [5.41, 5.74) is 1.30. The van der Waals surface area contributed by atoms with Crippen molar-refractivity contribution >= 4 is 11.6 Å². The largest absolute Gasteiger partial charge is 0.291 e. The van der Waals surface area contributed by atoms with Crippen molar-refractivity contribution in [2.45, 2.75) is 12.5 Å². The number of rotatable bonds is 5. The third-order valence-electron chi connectivity index (χ3n) is 2.46. The standard InChI is InChI=1S/C13H16ClN/c1-3-9-15(2)13(11-14)10-12-7-5-4-6-8-12/h1,4-8,13H,9-11H2,2H3/t13-/m0/s1. The number of hydrogen-bond acceptors (Lipinski definition) is 1. The van der Waals surface area contributed by atoms with Crippen molar-refractivity contribution in [1.82, 2.24) is 4.90 Å². The first-order valence-corrected chi connectivity index (χ1v) is 5.55. The van der Waals surface area contributed by atoms with Crippen molar-refractivity contribution < 1.29 is 0 Å². The molecule has 0 aliphatic rings. The lowest BCUT2D eigenvalue weighted by Gasteiger charge is -2.24. The molecule has 80 valence electrons. The van der Waals surface area contributed by atoms with Crippen molar-refractivity contribution in [3.63, 3.8) is 0 Å². The van der Waals surface area contributed by atoms with E-state index < -0.39 is 0 Å². The highest BCUT2D eigenvalue weighted by Gasteiger charge is 2.12. The summed E-state index contributed by atoms with van der Waals surface area (Å²) >= 11 is 5.94. The summed E-state index contributed by atoms with van der Waals surface area (Å²) in [5, 5.41) is 0. The Bertz CT molecular complexity index is 315. The third-order valence-corrected chi connectivity index (χ3v) is 2.81. The van der Waals surface area contributed by atoms with Crippen LogP contribution in [0.25, 0.3) is 0 Å². The molecular weight excluding hydrogens is 206 g/mol. The highest BCUT2D eigenvalue weighted by molar-refractivity contribution is 6.18. The van der Waals surface area contributed by atoms with Crippen molar-refractivity contribution in [2.24, 2.45) is 0 Å². The minimum atomic E-state index is 0.310. The van der Waals surface area contributed by atoms with Gasteiger partial charge in [-0.05, 0) is 19.0 Å². The van der Waals surface area contributed by atoms with Crippen LogP contribution in [-0.4, -0.2) is 30.4 Å². The van der Waals surface area contributed by atoms with E-state index in [0.29, 0.717) is 18.5 Å². The van der Waals surface area contributed by atoms with Crippen LogP contribution in [0.1, 0.15) is 5.56 Å². The number of benzene rings is 1. The van der Waals surface area contributed by atoms with E-state index in [1.54, 1.807) is 0 Å². The van der Waals surface area contributed by atoms with Crippen LogP contribution in [0.4, 0.5) is 0 Å². The fourth-order valence-electron chi connectivity index (χ4n) is 1.49. The molecule has 2 heteroatoms. The normalized spacial score (nSPS) is 12.4. The molecule has 0 N–H and O–H groups in total. The minimum absolute atomic E-state index is 0.310. The van der Waals surface area contributed by atoms with Crippen LogP contribution in [0.3, 0.4) is 0 Å². The van der Waals surface area contributed by atoms with E-state index in [4.69, 9.17) is 18.0 Å². The number of nitrogens with zero attached hydrogens (tertiary/aromatic N) is 1. The smallest absolute Gasteiger partial charge is 0.0599 e. The molecule has 0 saturated carbocycles. The van der Waals surface area contributed by atoms with Gasteiger partial charge in [0.25, 0.3) is 0 Å². The Morgan fingerprint density at radius 2 is 2.07 bits per heavy atom. The lowest BCUT2D eigenvalue weighted by Crippen LogP contribution is -2.35. The number of hydrogen-bond donors (Lipinski definition) is 0. The van der Waals surface area contributed by atoms with Crippen LogP contribution in [0.15, 0.2) is 30.3 Å². The molecule has 0 unspecified atom stereocenters. The molecule has 0 spiro atoms.